The van der Waals surface area contributed by atoms with E-state index in [1.54, 1.807) is 17.8 Å². The lowest BCUT2D eigenvalue weighted by Gasteiger charge is -2.18. The fraction of sp³-hybridized carbons (Fsp3) is 0.667. The minimum atomic E-state index is -1.24. The van der Waals surface area contributed by atoms with Crippen molar-refractivity contribution in [3.8, 4) is 5.88 Å². The summed E-state index contributed by atoms with van der Waals surface area (Å²) in [5.41, 5.74) is 1.04. The fourth-order valence-electron chi connectivity index (χ4n) is 3.15. The lowest BCUT2D eigenvalue weighted by Crippen LogP contribution is -2.31. The van der Waals surface area contributed by atoms with Crippen LogP contribution in [0, 0.1) is 6.92 Å². The van der Waals surface area contributed by atoms with Crippen molar-refractivity contribution in [2.45, 2.75) is 51.2 Å². The highest BCUT2D eigenvalue weighted by Crippen LogP contribution is 2.40. The largest absolute Gasteiger partial charge is 0.476 e. The first-order valence-electron chi connectivity index (χ1n) is 9.24. The Bertz CT molecular complexity index is 849. The highest BCUT2D eigenvalue weighted by atomic mass is 31.2. The summed E-state index contributed by atoms with van der Waals surface area (Å²) in [6.45, 7) is 7.38. The van der Waals surface area contributed by atoms with Crippen LogP contribution in [0.5, 0.6) is 5.88 Å². The van der Waals surface area contributed by atoms with Crippen LogP contribution < -0.4 is 4.74 Å². The van der Waals surface area contributed by atoms with Crippen LogP contribution in [0.25, 0.3) is 11.2 Å². The number of hydrogen-bond acceptors (Lipinski definition) is 7. The molecule has 3 heterocycles. The van der Waals surface area contributed by atoms with E-state index in [1.807, 2.05) is 6.92 Å². The van der Waals surface area contributed by atoms with Gasteiger partial charge in [-0.3, -0.25) is 4.57 Å². The summed E-state index contributed by atoms with van der Waals surface area (Å²) in [7, 11) is 0. The molecule has 1 aliphatic heterocycles. The van der Waals surface area contributed by atoms with Crippen molar-refractivity contribution in [2.24, 2.45) is 0 Å². The number of aryl methyl sites for hydroxylation is 1. The smallest absolute Gasteiger partial charge is 0.245 e. The summed E-state index contributed by atoms with van der Waals surface area (Å²) >= 11 is 0. The molecule has 3 rings (SSSR count). The number of fused-ring (bicyclic) bond motifs is 1. The molecule has 4 atom stereocenters. The van der Waals surface area contributed by atoms with Crippen LogP contribution in [0.4, 0.5) is 0 Å². The van der Waals surface area contributed by atoms with E-state index in [0.717, 1.165) is 12.6 Å². The molecule has 0 radical (unpaired) electrons. The van der Waals surface area contributed by atoms with Crippen molar-refractivity contribution < 1.29 is 19.7 Å². The number of aliphatic hydroxyl groups is 2. The van der Waals surface area contributed by atoms with Crippen molar-refractivity contribution in [1.82, 2.24) is 19.5 Å². The zero-order valence-corrected chi connectivity index (χ0v) is 17.3. The molecule has 2 aromatic rings. The molecule has 2 N–H and O–H groups in total. The van der Waals surface area contributed by atoms with Gasteiger partial charge in [-0.05, 0) is 39.3 Å². The predicted molar refractivity (Wildman–Crippen MR) is 107 cm³/mol. The monoisotopic (exact) mass is 396 g/mol. The molecule has 9 heteroatoms. The highest BCUT2D eigenvalue weighted by molar-refractivity contribution is 7.72. The van der Waals surface area contributed by atoms with Crippen LogP contribution in [0.3, 0.4) is 0 Å². The van der Waals surface area contributed by atoms with E-state index >= 15 is 0 Å². The number of nitrogens with zero attached hydrogens (tertiary/aromatic N) is 4. The molecule has 8 nitrogen and oxygen atoms in total. The van der Waals surface area contributed by atoms with Gasteiger partial charge >= 0.3 is 0 Å². The summed E-state index contributed by atoms with van der Waals surface area (Å²) in [6.07, 6.45) is 4.93. The standard InChI is InChI=1S/C18H29N4O4P/c1-6-8-25-17-13-16(20-11(2)21-17)22(10-19-13)18-15(24)14(23)12(26-18)7-9-27(3,4)5/h10,12,14-15,18,23-24H,3,6-9H2,1-2,4-5H3/t12-,14-,15-,18-/m1/s1. The van der Waals surface area contributed by atoms with Crippen LogP contribution in [-0.4, -0.2) is 80.4 Å². The molecule has 1 aliphatic rings. The van der Waals surface area contributed by atoms with Gasteiger partial charge in [-0.2, -0.15) is 4.98 Å². The minimum absolute atomic E-state index is 0.422. The molecule has 0 aliphatic carbocycles. The number of aliphatic hydroxyl groups excluding tert-OH is 2. The molecule has 0 saturated carbocycles. The maximum atomic E-state index is 10.6. The molecule has 0 aromatic carbocycles. The normalized spacial score (nSPS) is 26.0. The van der Waals surface area contributed by atoms with E-state index < -0.39 is 31.4 Å². The first-order valence-corrected chi connectivity index (χ1v) is 12.3. The second kappa shape index (κ2) is 7.87. The average molecular weight is 396 g/mol. The average Bonchev–Trinajstić information content (AvgIpc) is 3.12. The third kappa shape index (κ3) is 4.35. The maximum Gasteiger partial charge on any atom is 0.245 e. The number of imidazole rings is 1. The first kappa shape index (κ1) is 20.3. The topological polar surface area (TPSA) is 103 Å². The van der Waals surface area contributed by atoms with E-state index in [-0.39, 0.29) is 0 Å². The van der Waals surface area contributed by atoms with Crippen molar-refractivity contribution in [1.29, 1.82) is 0 Å². The van der Waals surface area contributed by atoms with Crippen molar-refractivity contribution in [3.63, 3.8) is 0 Å². The lowest BCUT2D eigenvalue weighted by atomic mass is 10.1. The lowest BCUT2D eigenvalue weighted by molar-refractivity contribution is -0.0353. The SMILES string of the molecule is C=P(C)(C)CC[C@H]1O[C@@H](n2cnc3c(OCCC)nc(C)nc32)[C@H](O)[C@@H]1O. The Morgan fingerprint density at radius 3 is 2.70 bits per heavy atom. The van der Waals surface area contributed by atoms with Crippen molar-refractivity contribution >= 4 is 24.3 Å². The van der Waals surface area contributed by atoms with Gasteiger partial charge in [0.15, 0.2) is 17.4 Å². The van der Waals surface area contributed by atoms with Crippen LogP contribution >= 0.6 is 6.89 Å². The molecular formula is C18H29N4O4P. The van der Waals surface area contributed by atoms with Crippen LogP contribution in [-0.2, 0) is 4.74 Å². The Hall–Kier alpha value is -1.47. The summed E-state index contributed by atoms with van der Waals surface area (Å²) in [5, 5.41) is 21.0. The number of ether oxygens (including phenoxy) is 2. The van der Waals surface area contributed by atoms with Gasteiger partial charge in [0.1, 0.15) is 18.0 Å². The molecular weight excluding hydrogens is 367 g/mol. The molecule has 150 valence electrons. The highest BCUT2D eigenvalue weighted by Gasteiger charge is 2.44. The molecule has 2 aromatic heterocycles. The number of aromatic nitrogens is 4. The Morgan fingerprint density at radius 1 is 1.30 bits per heavy atom. The third-order valence-corrected chi connectivity index (χ3v) is 6.04. The predicted octanol–water partition coefficient (Wildman–Crippen LogP) is 1.64. The van der Waals surface area contributed by atoms with E-state index in [9.17, 15) is 10.2 Å². The molecule has 1 fully saturated rings. The Labute approximate surface area is 159 Å². The molecule has 27 heavy (non-hydrogen) atoms. The fourth-order valence-corrected chi connectivity index (χ4v) is 4.11. The molecule has 0 bridgehead atoms. The molecule has 0 unspecified atom stereocenters. The minimum Gasteiger partial charge on any atom is -0.476 e. The Morgan fingerprint density at radius 2 is 2.04 bits per heavy atom. The summed E-state index contributed by atoms with van der Waals surface area (Å²) < 4.78 is 13.3. The van der Waals surface area contributed by atoms with Crippen LogP contribution in [0.15, 0.2) is 6.33 Å². The zero-order valence-electron chi connectivity index (χ0n) is 16.4. The molecule has 0 spiro atoms. The summed E-state index contributed by atoms with van der Waals surface area (Å²) in [6, 6.07) is 0. The Kier molecular flexibility index (Phi) is 5.91. The van der Waals surface area contributed by atoms with E-state index in [1.165, 1.54) is 0 Å². The second-order valence-electron chi connectivity index (χ2n) is 7.74. The number of rotatable bonds is 7. The van der Waals surface area contributed by atoms with Crippen LogP contribution in [0.1, 0.15) is 31.8 Å². The summed E-state index contributed by atoms with van der Waals surface area (Å²) in [4.78, 5) is 13.1. The quantitative estimate of drug-likeness (QED) is 0.686. The van der Waals surface area contributed by atoms with E-state index in [0.29, 0.717) is 35.9 Å². The van der Waals surface area contributed by atoms with E-state index in [2.05, 4.69) is 34.6 Å². The van der Waals surface area contributed by atoms with Gasteiger partial charge in [0.25, 0.3) is 0 Å². The van der Waals surface area contributed by atoms with Gasteiger partial charge in [0, 0.05) is 0 Å². The number of hydrogen-bond donors (Lipinski definition) is 2. The zero-order chi connectivity index (χ0) is 19.8. The second-order valence-corrected chi connectivity index (χ2v) is 12.1. The Balaban J connectivity index is 1.88. The maximum absolute atomic E-state index is 10.6. The van der Waals surface area contributed by atoms with Gasteiger partial charge in [-0.1, -0.05) is 6.92 Å². The summed E-state index contributed by atoms with van der Waals surface area (Å²) in [5.74, 6) is 0.967. The van der Waals surface area contributed by atoms with Crippen LogP contribution in [0.2, 0.25) is 0 Å². The van der Waals surface area contributed by atoms with Gasteiger partial charge in [0.05, 0.1) is 19.0 Å². The van der Waals surface area contributed by atoms with Gasteiger partial charge in [-0.25, -0.2) is 9.97 Å². The van der Waals surface area contributed by atoms with Gasteiger partial charge in [0.2, 0.25) is 5.88 Å². The van der Waals surface area contributed by atoms with Crippen molar-refractivity contribution in [2.75, 3.05) is 26.1 Å². The van der Waals surface area contributed by atoms with Gasteiger partial charge in [-0.15, -0.1) is 13.2 Å². The van der Waals surface area contributed by atoms with Gasteiger partial charge < -0.3 is 19.7 Å². The molecule has 1 saturated heterocycles. The van der Waals surface area contributed by atoms with E-state index in [4.69, 9.17) is 9.47 Å². The van der Waals surface area contributed by atoms with Crippen molar-refractivity contribution in [3.05, 3.63) is 12.2 Å². The third-order valence-electron chi connectivity index (χ3n) is 4.57. The molecule has 0 amide bonds. The first-order chi connectivity index (χ1) is 12.7.